The Morgan fingerprint density at radius 1 is 1.13 bits per heavy atom. The van der Waals surface area contributed by atoms with E-state index in [-0.39, 0.29) is 49.5 Å². The van der Waals surface area contributed by atoms with Gasteiger partial charge >= 0.3 is 6.03 Å². The number of likely N-dealkylation sites (tertiary alicyclic amines) is 2. The second-order valence-corrected chi connectivity index (χ2v) is 8.72. The largest absolute Gasteiger partial charge is 0.490 e. The van der Waals surface area contributed by atoms with E-state index < -0.39 is 12.0 Å². The Kier molecular flexibility index (Phi) is 4.80. The summed E-state index contributed by atoms with van der Waals surface area (Å²) in [6.07, 6.45) is -0.137. The minimum atomic E-state index is -2.59. The minimum absolute atomic E-state index is 0.00427. The molecule has 7 nitrogen and oxygen atoms in total. The van der Waals surface area contributed by atoms with Crippen LogP contribution in [0.3, 0.4) is 0 Å². The average molecular weight is 421 g/mol. The zero-order valence-corrected chi connectivity index (χ0v) is 16.6. The summed E-state index contributed by atoms with van der Waals surface area (Å²) in [5.41, 5.74) is 1.11. The van der Waals surface area contributed by atoms with Crippen LogP contribution >= 0.6 is 0 Å². The highest BCUT2D eigenvalue weighted by Gasteiger charge is 2.47. The average Bonchev–Trinajstić information content (AvgIpc) is 2.66. The van der Waals surface area contributed by atoms with Crippen molar-refractivity contribution in [3.05, 3.63) is 29.8 Å². The highest BCUT2D eigenvalue weighted by molar-refractivity contribution is 5.79. The molecule has 4 fully saturated rings. The number of alkyl halides is 2. The van der Waals surface area contributed by atoms with Gasteiger partial charge in [-0.15, -0.1) is 0 Å². The van der Waals surface area contributed by atoms with Crippen LogP contribution < -0.4 is 10.1 Å². The summed E-state index contributed by atoms with van der Waals surface area (Å²) >= 11 is 0. The Morgan fingerprint density at radius 3 is 2.57 bits per heavy atom. The fourth-order valence-electron chi connectivity index (χ4n) is 4.62. The number of hydrogen-bond donors (Lipinski definition) is 1. The lowest BCUT2D eigenvalue weighted by atomic mass is 9.90. The third-order valence-corrected chi connectivity index (χ3v) is 6.45. The number of nitrogens with one attached hydrogen (secondary N) is 1. The van der Waals surface area contributed by atoms with Crippen molar-refractivity contribution in [1.82, 2.24) is 15.1 Å². The standard InChI is InChI=1S/C21H25F2N3O4/c22-21(23)7-16(8-21)30-15-3-1-13(2-4-15)14-9-26(10-14)20(28)25-6-5-18-17(11-25)24-19(27)12-29-18/h1-4,14,16-18H,5-12H2,(H,24,27)/t17-,18+/m1/s1. The van der Waals surface area contributed by atoms with Gasteiger partial charge in [0.05, 0.1) is 12.1 Å². The van der Waals surface area contributed by atoms with Crippen LogP contribution in [0, 0.1) is 0 Å². The second kappa shape index (κ2) is 7.37. The maximum atomic E-state index is 12.9. The van der Waals surface area contributed by atoms with Gasteiger partial charge in [-0.3, -0.25) is 4.79 Å². The molecule has 0 unspecified atom stereocenters. The van der Waals surface area contributed by atoms with E-state index in [1.807, 2.05) is 29.2 Å². The van der Waals surface area contributed by atoms with E-state index in [4.69, 9.17) is 9.47 Å². The number of urea groups is 1. The zero-order chi connectivity index (χ0) is 20.9. The van der Waals surface area contributed by atoms with Gasteiger partial charge in [-0.25, -0.2) is 13.6 Å². The van der Waals surface area contributed by atoms with Crippen LogP contribution in [0.4, 0.5) is 13.6 Å². The van der Waals surface area contributed by atoms with Crippen LogP contribution in [0.25, 0.3) is 0 Å². The molecular weight excluding hydrogens is 396 g/mol. The zero-order valence-electron chi connectivity index (χ0n) is 16.6. The van der Waals surface area contributed by atoms with E-state index in [2.05, 4.69) is 5.32 Å². The molecule has 1 aromatic rings. The van der Waals surface area contributed by atoms with Crippen molar-refractivity contribution in [3.63, 3.8) is 0 Å². The summed E-state index contributed by atoms with van der Waals surface area (Å²) in [5.74, 6) is -1.86. The maximum absolute atomic E-state index is 12.9. The molecule has 3 aliphatic heterocycles. The first-order valence-electron chi connectivity index (χ1n) is 10.5. The van der Waals surface area contributed by atoms with Crippen molar-refractivity contribution in [2.75, 3.05) is 32.8 Å². The number of carbonyl (C=O) groups is 2. The highest BCUT2D eigenvalue weighted by atomic mass is 19.3. The first kappa shape index (κ1) is 19.5. The number of hydrogen-bond acceptors (Lipinski definition) is 4. The molecule has 162 valence electrons. The van der Waals surface area contributed by atoms with Gasteiger partial charge < -0.3 is 24.6 Å². The second-order valence-electron chi connectivity index (χ2n) is 8.72. The van der Waals surface area contributed by atoms with Gasteiger partial charge in [0.2, 0.25) is 5.91 Å². The molecule has 0 radical (unpaired) electrons. The Bertz CT molecular complexity index is 820. The Morgan fingerprint density at radius 2 is 1.87 bits per heavy atom. The monoisotopic (exact) mass is 421 g/mol. The normalized spacial score (nSPS) is 28.8. The Balaban J connectivity index is 1.10. The van der Waals surface area contributed by atoms with E-state index in [0.29, 0.717) is 31.9 Å². The van der Waals surface area contributed by atoms with Gasteiger partial charge in [0.15, 0.2) is 0 Å². The summed E-state index contributed by atoms with van der Waals surface area (Å²) in [7, 11) is 0. The first-order valence-corrected chi connectivity index (χ1v) is 10.5. The molecule has 30 heavy (non-hydrogen) atoms. The van der Waals surface area contributed by atoms with Crippen LogP contribution in [-0.2, 0) is 9.53 Å². The fraction of sp³-hybridized carbons (Fsp3) is 0.619. The van der Waals surface area contributed by atoms with Crippen LogP contribution in [-0.4, -0.2) is 78.7 Å². The van der Waals surface area contributed by atoms with Crippen molar-refractivity contribution in [3.8, 4) is 5.75 Å². The number of amides is 3. The van der Waals surface area contributed by atoms with Crippen molar-refractivity contribution in [2.45, 2.75) is 49.4 Å². The predicted molar refractivity (Wildman–Crippen MR) is 103 cm³/mol. The molecule has 0 bridgehead atoms. The molecule has 3 amide bonds. The Hall–Kier alpha value is -2.42. The third-order valence-electron chi connectivity index (χ3n) is 6.45. The van der Waals surface area contributed by atoms with Crippen LogP contribution in [0.15, 0.2) is 24.3 Å². The Labute approximate surface area is 173 Å². The minimum Gasteiger partial charge on any atom is -0.490 e. The number of ether oxygens (including phenoxy) is 2. The summed E-state index contributed by atoms with van der Waals surface area (Å²) in [5, 5.41) is 2.91. The smallest absolute Gasteiger partial charge is 0.320 e. The maximum Gasteiger partial charge on any atom is 0.320 e. The number of rotatable bonds is 3. The van der Waals surface area contributed by atoms with Gasteiger partial charge in [0.1, 0.15) is 18.5 Å². The molecule has 2 atom stereocenters. The molecule has 0 aromatic heterocycles. The summed E-state index contributed by atoms with van der Waals surface area (Å²) in [6.45, 7) is 2.48. The first-order chi connectivity index (χ1) is 14.4. The lowest BCUT2D eigenvalue weighted by Gasteiger charge is -2.46. The molecule has 9 heteroatoms. The van der Waals surface area contributed by atoms with E-state index in [0.717, 1.165) is 12.0 Å². The number of fused-ring (bicyclic) bond motifs is 1. The molecule has 5 rings (SSSR count). The van der Waals surface area contributed by atoms with Crippen LogP contribution in [0.5, 0.6) is 5.75 Å². The molecule has 1 aromatic carbocycles. The predicted octanol–water partition coefficient (Wildman–Crippen LogP) is 1.97. The summed E-state index contributed by atoms with van der Waals surface area (Å²) in [6, 6.07) is 7.37. The van der Waals surface area contributed by atoms with Crippen LogP contribution in [0.1, 0.15) is 30.7 Å². The number of halogens is 2. The number of carbonyl (C=O) groups excluding carboxylic acids is 2. The van der Waals surface area contributed by atoms with Gasteiger partial charge in [-0.1, -0.05) is 12.1 Å². The van der Waals surface area contributed by atoms with Gasteiger partial charge in [-0.2, -0.15) is 0 Å². The van der Waals surface area contributed by atoms with Crippen molar-refractivity contribution in [2.24, 2.45) is 0 Å². The quantitative estimate of drug-likeness (QED) is 0.810. The molecule has 4 aliphatic rings. The van der Waals surface area contributed by atoms with Crippen molar-refractivity contribution < 1.29 is 27.8 Å². The third kappa shape index (κ3) is 3.82. The molecule has 0 spiro atoms. The fourth-order valence-corrected chi connectivity index (χ4v) is 4.62. The highest BCUT2D eigenvalue weighted by Crippen LogP contribution is 2.40. The molecule has 3 heterocycles. The number of piperidine rings is 1. The van der Waals surface area contributed by atoms with E-state index in [9.17, 15) is 18.4 Å². The molecular formula is C21H25F2N3O4. The number of benzene rings is 1. The van der Waals surface area contributed by atoms with E-state index >= 15 is 0 Å². The summed E-state index contributed by atoms with van der Waals surface area (Å²) in [4.78, 5) is 27.9. The van der Waals surface area contributed by atoms with E-state index in [1.165, 1.54) is 0 Å². The molecule has 3 saturated heterocycles. The van der Waals surface area contributed by atoms with Gasteiger partial charge in [0.25, 0.3) is 5.92 Å². The van der Waals surface area contributed by atoms with Gasteiger partial charge in [0, 0.05) is 44.9 Å². The van der Waals surface area contributed by atoms with Crippen molar-refractivity contribution >= 4 is 11.9 Å². The SMILES string of the molecule is O=C1CO[C@H]2CCN(C(=O)N3CC(c4ccc(OC5CC(F)(F)C5)cc4)C3)C[C@H]2N1. The lowest BCUT2D eigenvalue weighted by molar-refractivity contribution is -0.139. The number of morpholine rings is 1. The van der Waals surface area contributed by atoms with E-state index in [1.54, 1.807) is 4.90 Å². The molecule has 1 N–H and O–H groups in total. The lowest BCUT2D eigenvalue weighted by Crippen LogP contribution is -2.63. The number of nitrogens with zero attached hydrogens (tertiary/aromatic N) is 2. The molecule has 1 aliphatic carbocycles. The van der Waals surface area contributed by atoms with Crippen LogP contribution in [0.2, 0.25) is 0 Å². The topological polar surface area (TPSA) is 71.1 Å². The van der Waals surface area contributed by atoms with Gasteiger partial charge in [-0.05, 0) is 24.1 Å². The summed E-state index contributed by atoms with van der Waals surface area (Å²) < 4.78 is 36.9. The van der Waals surface area contributed by atoms with Crippen molar-refractivity contribution in [1.29, 1.82) is 0 Å². The molecule has 1 saturated carbocycles.